The molecule has 0 saturated heterocycles. The molecule has 0 bridgehead atoms. The van der Waals surface area contributed by atoms with Crippen molar-refractivity contribution in [2.24, 2.45) is 0 Å². The van der Waals surface area contributed by atoms with Crippen molar-refractivity contribution in [3.63, 3.8) is 0 Å². The number of aliphatic hydroxyl groups is 1. The van der Waals surface area contributed by atoms with Crippen molar-refractivity contribution in [1.82, 2.24) is 4.90 Å². The highest BCUT2D eigenvalue weighted by atomic mass is 16.3. The molecule has 3 nitrogen and oxygen atoms in total. The van der Waals surface area contributed by atoms with Gasteiger partial charge in [-0.1, -0.05) is 18.2 Å². The van der Waals surface area contributed by atoms with E-state index in [9.17, 15) is 9.90 Å². The Hall–Kier alpha value is -1.35. The predicted octanol–water partition coefficient (Wildman–Crippen LogP) is 2.24. The van der Waals surface area contributed by atoms with Crippen molar-refractivity contribution in [1.29, 1.82) is 0 Å². The van der Waals surface area contributed by atoms with Gasteiger partial charge in [0.05, 0.1) is 6.10 Å². The molecule has 1 aliphatic rings. The number of nitrogens with zero attached hydrogens (tertiary/aromatic N) is 1. The number of hydrogen-bond donors (Lipinski definition) is 1. The second kappa shape index (κ2) is 6.01. The third kappa shape index (κ3) is 3.10. The SMILES string of the molecule is CC(O)CCCCN1CCc2ccccc2C1=O. The maximum absolute atomic E-state index is 12.2. The van der Waals surface area contributed by atoms with Gasteiger partial charge in [0.2, 0.25) is 0 Å². The van der Waals surface area contributed by atoms with Crippen LogP contribution in [0.5, 0.6) is 0 Å². The van der Waals surface area contributed by atoms with Crippen LogP contribution in [-0.2, 0) is 6.42 Å². The lowest BCUT2D eigenvalue weighted by Crippen LogP contribution is -2.38. The Labute approximate surface area is 108 Å². The second-order valence-corrected chi connectivity index (χ2v) is 5.04. The molecule has 0 radical (unpaired) electrons. The molecule has 1 aliphatic heterocycles. The Morgan fingerprint density at radius 2 is 2.11 bits per heavy atom. The maximum atomic E-state index is 12.2. The first-order chi connectivity index (χ1) is 8.68. The quantitative estimate of drug-likeness (QED) is 0.811. The van der Waals surface area contributed by atoms with E-state index in [0.29, 0.717) is 0 Å². The summed E-state index contributed by atoms with van der Waals surface area (Å²) in [7, 11) is 0. The predicted molar refractivity (Wildman–Crippen MR) is 71.6 cm³/mol. The van der Waals surface area contributed by atoms with E-state index in [0.717, 1.165) is 44.3 Å². The maximum Gasteiger partial charge on any atom is 0.254 e. The minimum atomic E-state index is -0.234. The highest BCUT2D eigenvalue weighted by molar-refractivity contribution is 5.96. The Morgan fingerprint density at radius 3 is 2.89 bits per heavy atom. The summed E-state index contributed by atoms with van der Waals surface area (Å²) >= 11 is 0. The molecule has 1 atom stereocenters. The summed E-state index contributed by atoms with van der Waals surface area (Å²) in [5, 5.41) is 9.19. The average Bonchev–Trinajstić information content (AvgIpc) is 2.37. The van der Waals surface area contributed by atoms with Gasteiger partial charge < -0.3 is 10.0 Å². The van der Waals surface area contributed by atoms with Crippen molar-refractivity contribution in [3.8, 4) is 0 Å². The zero-order valence-electron chi connectivity index (χ0n) is 10.9. The molecule has 18 heavy (non-hydrogen) atoms. The zero-order chi connectivity index (χ0) is 13.0. The number of rotatable bonds is 5. The highest BCUT2D eigenvalue weighted by Crippen LogP contribution is 2.19. The molecular formula is C15H21NO2. The van der Waals surface area contributed by atoms with Crippen LogP contribution in [0, 0.1) is 0 Å². The molecule has 1 unspecified atom stereocenters. The van der Waals surface area contributed by atoms with Crippen molar-refractivity contribution in [2.75, 3.05) is 13.1 Å². The largest absolute Gasteiger partial charge is 0.393 e. The summed E-state index contributed by atoms with van der Waals surface area (Å²) in [5.41, 5.74) is 2.03. The van der Waals surface area contributed by atoms with Gasteiger partial charge >= 0.3 is 0 Å². The van der Waals surface area contributed by atoms with Gasteiger partial charge in [0.15, 0.2) is 0 Å². The Balaban J connectivity index is 1.88. The van der Waals surface area contributed by atoms with Crippen LogP contribution in [0.4, 0.5) is 0 Å². The van der Waals surface area contributed by atoms with Crippen LogP contribution in [0.3, 0.4) is 0 Å². The summed E-state index contributed by atoms with van der Waals surface area (Å²) in [6, 6.07) is 7.87. The van der Waals surface area contributed by atoms with E-state index in [1.165, 1.54) is 5.56 Å². The van der Waals surface area contributed by atoms with Crippen molar-refractivity contribution in [2.45, 2.75) is 38.7 Å². The van der Waals surface area contributed by atoms with E-state index < -0.39 is 0 Å². The fourth-order valence-electron chi connectivity index (χ4n) is 2.43. The van der Waals surface area contributed by atoms with Crippen LogP contribution in [0.15, 0.2) is 24.3 Å². The topological polar surface area (TPSA) is 40.5 Å². The molecule has 0 saturated carbocycles. The fourth-order valence-corrected chi connectivity index (χ4v) is 2.43. The molecule has 1 heterocycles. The van der Waals surface area contributed by atoms with Gasteiger partial charge in [-0.05, 0) is 44.2 Å². The minimum Gasteiger partial charge on any atom is -0.393 e. The van der Waals surface area contributed by atoms with E-state index in [1.807, 2.05) is 36.1 Å². The molecule has 1 aromatic carbocycles. The Kier molecular flexibility index (Phi) is 4.37. The molecular weight excluding hydrogens is 226 g/mol. The summed E-state index contributed by atoms with van der Waals surface area (Å²) in [6.45, 7) is 3.44. The van der Waals surface area contributed by atoms with Crippen molar-refractivity contribution < 1.29 is 9.90 Å². The zero-order valence-corrected chi connectivity index (χ0v) is 10.9. The fraction of sp³-hybridized carbons (Fsp3) is 0.533. The van der Waals surface area contributed by atoms with Crippen LogP contribution in [-0.4, -0.2) is 35.1 Å². The second-order valence-electron chi connectivity index (χ2n) is 5.04. The highest BCUT2D eigenvalue weighted by Gasteiger charge is 2.22. The number of carbonyl (C=O) groups is 1. The molecule has 0 fully saturated rings. The van der Waals surface area contributed by atoms with E-state index in [1.54, 1.807) is 0 Å². The molecule has 1 amide bonds. The van der Waals surface area contributed by atoms with E-state index in [-0.39, 0.29) is 12.0 Å². The van der Waals surface area contributed by atoms with Gasteiger partial charge in [-0.25, -0.2) is 0 Å². The van der Waals surface area contributed by atoms with Crippen LogP contribution in [0.25, 0.3) is 0 Å². The van der Waals surface area contributed by atoms with Crippen LogP contribution in [0.2, 0.25) is 0 Å². The van der Waals surface area contributed by atoms with Gasteiger partial charge in [0.25, 0.3) is 5.91 Å². The molecule has 0 spiro atoms. The average molecular weight is 247 g/mol. The van der Waals surface area contributed by atoms with Crippen LogP contribution in [0.1, 0.15) is 42.1 Å². The van der Waals surface area contributed by atoms with Gasteiger partial charge in [-0.3, -0.25) is 4.79 Å². The first-order valence-corrected chi connectivity index (χ1v) is 6.73. The van der Waals surface area contributed by atoms with Crippen LogP contribution >= 0.6 is 0 Å². The number of aliphatic hydroxyl groups excluding tert-OH is 1. The van der Waals surface area contributed by atoms with Crippen LogP contribution < -0.4 is 0 Å². The van der Waals surface area contributed by atoms with Gasteiger partial charge in [-0.15, -0.1) is 0 Å². The number of unbranched alkanes of at least 4 members (excludes halogenated alkanes) is 1. The minimum absolute atomic E-state index is 0.161. The molecule has 0 aromatic heterocycles. The van der Waals surface area contributed by atoms with Gasteiger partial charge in [-0.2, -0.15) is 0 Å². The molecule has 98 valence electrons. The summed E-state index contributed by atoms with van der Waals surface area (Å²) < 4.78 is 0. The number of benzene rings is 1. The lowest BCUT2D eigenvalue weighted by Gasteiger charge is -2.28. The van der Waals surface area contributed by atoms with Gasteiger partial charge in [0.1, 0.15) is 0 Å². The summed E-state index contributed by atoms with van der Waals surface area (Å²) in [6.07, 6.45) is 3.49. The standard InChI is InChI=1S/C15H21NO2/c1-12(17)6-4-5-10-16-11-9-13-7-2-3-8-14(13)15(16)18/h2-3,7-8,12,17H,4-6,9-11H2,1H3. The van der Waals surface area contributed by atoms with Crippen molar-refractivity contribution in [3.05, 3.63) is 35.4 Å². The first-order valence-electron chi connectivity index (χ1n) is 6.73. The normalized spacial score (nSPS) is 16.6. The number of fused-ring (bicyclic) bond motifs is 1. The molecule has 3 heteroatoms. The lowest BCUT2D eigenvalue weighted by atomic mass is 9.99. The summed E-state index contributed by atoms with van der Waals surface area (Å²) in [5.74, 6) is 0.161. The number of hydrogen-bond acceptors (Lipinski definition) is 2. The van der Waals surface area contributed by atoms with Gasteiger partial charge in [0, 0.05) is 18.7 Å². The number of amides is 1. The molecule has 1 aromatic rings. The Bertz CT molecular complexity index is 415. The summed E-state index contributed by atoms with van der Waals surface area (Å²) in [4.78, 5) is 14.2. The molecule has 2 rings (SSSR count). The number of carbonyl (C=O) groups excluding carboxylic acids is 1. The smallest absolute Gasteiger partial charge is 0.254 e. The van der Waals surface area contributed by atoms with E-state index in [2.05, 4.69) is 0 Å². The van der Waals surface area contributed by atoms with E-state index in [4.69, 9.17) is 0 Å². The molecule has 1 N–H and O–H groups in total. The van der Waals surface area contributed by atoms with Crippen molar-refractivity contribution >= 4 is 5.91 Å². The monoisotopic (exact) mass is 247 g/mol. The van der Waals surface area contributed by atoms with E-state index >= 15 is 0 Å². The first kappa shape index (κ1) is 13.1. The lowest BCUT2D eigenvalue weighted by molar-refractivity contribution is 0.0735. The third-order valence-electron chi connectivity index (χ3n) is 3.49. The third-order valence-corrected chi connectivity index (χ3v) is 3.49. The molecule has 0 aliphatic carbocycles. The Morgan fingerprint density at radius 1 is 1.33 bits per heavy atom.